The molecule has 132 valence electrons. The lowest BCUT2D eigenvalue weighted by Gasteiger charge is -2.10. The molecule has 0 aliphatic carbocycles. The molecule has 2 N–H and O–H groups in total. The van der Waals surface area contributed by atoms with E-state index in [1.165, 1.54) is 5.56 Å². The van der Waals surface area contributed by atoms with Crippen molar-refractivity contribution in [2.24, 2.45) is 5.10 Å². The van der Waals surface area contributed by atoms with E-state index in [1.54, 1.807) is 14.2 Å². The fourth-order valence-electron chi connectivity index (χ4n) is 2.27. The fourth-order valence-corrected chi connectivity index (χ4v) is 2.43. The van der Waals surface area contributed by atoms with E-state index in [1.807, 2.05) is 56.3 Å². The molecule has 0 fully saturated rings. The topological polar surface area (TPSA) is 54.9 Å². The summed E-state index contributed by atoms with van der Waals surface area (Å²) < 4.78 is 10.6. The molecule has 0 aromatic heterocycles. The Kier molecular flexibility index (Phi) is 6.77. The highest BCUT2D eigenvalue weighted by atomic mass is 32.1. The first-order valence-corrected chi connectivity index (χ1v) is 8.30. The maximum Gasteiger partial charge on any atom is 0.191 e. The number of nitrogens with zero attached hydrogens (tertiary/aromatic N) is 1. The molecule has 0 unspecified atom stereocenters. The van der Waals surface area contributed by atoms with E-state index in [4.69, 9.17) is 21.7 Å². The van der Waals surface area contributed by atoms with Crippen LogP contribution in [-0.4, -0.2) is 25.0 Å². The number of thiocarbonyl (C=S) groups is 1. The molecule has 2 aromatic carbocycles. The van der Waals surface area contributed by atoms with Crippen LogP contribution in [0.15, 0.2) is 47.6 Å². The lowest BCUT2D eigenvalue weighted by atomic mass is 10.1. The lowest BCUT2D eigenvalue weighted by molar-refractivity contribution is 0.354. The predicted octanol–water partition coefficient (Wildman–Crippen LogP) is 3.92. The minimum Gasteiger partial charge on any atom is -0.493 e. The molecule has 0 saturated heterocycles. The molecule has 6 heteroatoms. The first kappa shape index (κ1) is 18.7. The standard InChI is InChI=1S/C19H23N3O2S/c1-13-5-8-16(9-6-13)20-19(25)22-21-14(2)11-15-7-10-17(23-3)18(12-15)24-4/h5-10,12H,11H2,1-4H3,(H2,20,22,25)/b21-14-. The van der Waals surface area contributed by atoms with Crippen LogP contribution in [-0.2, 0) is 6.42 Å². The van der Waals surface area contributed by atoms with E-state index in [0.717, 1.165) is 17.0 Å². The van der Waals surface area contributed by atoms with Gasteiger partial charge < -0.3 is 14.8 Å². The summed E-state index contributed by atoms with van der Waals surface area (Å²) in [6, 6.07) is 13.8. The third kappa shape index (κ3) is 5.76. The molecular formula is C19H23N3O2S. The summed E-state index contributed by atoms with van der Waals surface area (Å²) in [6.07, 6.45) is 0.681. The van der Waals surface area contributed by atoms with Crippen LogP contribution in [0.25, 0.3) is 0 Å². The van der Waals surface area contributed by atoms with Gasteiger partial charge in [0.25, 0.3) is 0 Å². The first-order chi connectivity index (χ1) is 12.0. The summed E-state index contributed by atoms with van der Waals surface area (Å²) in [7, 11) is 3.25. The Hall–Kier alpha value is -2.60. The van der Waals surface area contributed by atoms with Crippen molar-refractivity contribution in [3.05, 3.63) is 53.6 Å². The maximum absolute atomic E-state index is 5.32. The molecule has 25 heavy (non-hydrogen) atoms. The molecule has 2 aromatic rings. The summed E-state index contributed by atoms with van der Waals surface area (Å²) in [5.74, 6) is 1.42. The molecule has 0 bridgehead atoms. The Balaban J connectivity index is 1.92. The number of ether oxygens (including phenoxy) is 2. The van der Waals surface area contributed by atoms with Crippen molar-refractivity contribution in [3.63, 3.8) is 0 Å². The van der Waals surface area contributed by atoms with Crippen molar-refractivity contribution < 1.29 is 9.47 Å². The Morgan fingerprint density at radius 2 is 1.72 bits per heavy atom. The van der Waals surface area contributed by atoms with E-state index < -0.39 is 0 Å². The highest BCUT2D eigenvalue weighted by Crippen LogP contribution is 2.27. The summed E-state index contributed by atoms with van der Waals surface area (Å²) >= 11 is 5.26. The van der Waals surface area contributed by atoms with E-state index in [-0.39, 0.29) is 0 Å². The van der Waals surface area contributed by atoms with Gasteiger partial charge in [0, 0.05) is 17.8 Å². The maximum atomic E-state index is 5.32. The van der Waals surface area contributed by atoms with E-state index in [0.29, 0.717) is 23.0 Å². The highest BCUT2D eigenvalue weighted by Gasteiger charge is 2.05. The summed E-state index contributed by atoms with van der Waals surface area (Å²) in [5, 5.41) is 7.87. The average Bonchev–Trinajstić information content (AvgIpc) is 2.62. The quantitative estimate of drug-likeness (QED) is 0.466. The smallest absolute Gasteiger partial charge is 0.191 e. The van der Waals surface area contributed by atoms with Crippen LogP contribution in [0.4, 0.5) is 5.69 Å². The molecule has 2 rings (SSSR count). The molecule has 0 amide bonds. The summed E-state index contributed by atoms with van der Waals surface area (Å²) in [6.45, 7) is 3.99. The second-order valence-electron chi connectivity index (χ2n) is 5.65. The van der Waals surface area contributed by atoms with Gasteiger partial charge in [0.15, 0.2) is 16.6 Å². The van der Waals surface area contributed by atoms with Crippen LogP contribution >= 0.6 is 12.2 Å². The van der Waals surface area contributed by atoms with E-state index in [9.17, 15) is 0 Å². The zero-order valence-corrected chi connectivity index (χ0v) is 15.7. The van der Waals surface area contributed by atoms with Gasteiger partial charge in [-0.3, -0.25) is 5.43 Å². The van der Waals surface area contributed by atoms with Gasteiger partial charge in [0.1, 0.15) is 0 Å². The van der Waals surface area contributed by atoms with Gasteiger partial charge in [0.05, 0.1) is 14.2 Å². The van der Waals surface area contributed by atoms with E-state index in [2.05, 4.69) is 15.8 Å². The van der Waals surface area contributed by atoms with Crippen molar-refractivity contribution in [1.82, 2.24) is 5.43 Å². The average molecular weight is 357 g/mol. The van der Waals surface area contributed by atoms with Crippen molar-refractivity contribution in [3.8, 4) is 11.5 Å². The van der Waals surface area contributed by atoms with Crippen molar-refractivity contribution >= 4 is 28.7 Å². The number of methoxy groups -OCH3 is 2. The first-order valence-electron chi connectivity index (χ1n) is 7.89. The minimum absolute atomic E-state index is 0.454. The lowest BCUT2D eigenvalue weighted by Crippen LogP contribution is -2.25. The van der Waals surface area contributed by atoms with Crippen molar-refractivity contribution in [2.75, 3.05) is 19.5 Å². The van der Waals surface area contributed by atoms with Crippen LogP contribution in [0.1, 0.15) is 18.1 Å². The number of nitrogens with one attached hydrogen (secondary N) is 2. The van der Waals surface area contributed by atoms with Gasteiger partial charge in [-0.2, -0.15) is 5.10 Å². The van der Waals surface area contributed by atoms with Crippen LogP contribution in [0.5, 0.6) is 11.5 Å². The summed E-state index contributed by atoms with van der Waals surface area (Å²) in [5.41, 5.74) is 6.98. The Bertz CT molecular complexity index is 758. The van der Waals surface area contributed by atoms with Crippen LogP contribution in [0, 0.1) is 6.92 Å². The normalized spacial score (nSPS) is 11.0. The molecule has 0 aliphatic heterocycles. The van der Waals surface area contributed by atoms with Crippen LogP contribution in [0.2, 0.25) is 0 Å². The zero-order valence-electron chi connectivity index (χ0n) is 14.9. The molecule has 0 aliphatic rings. The Morgan fingerprint density at radius 3 is 2.36 bits per heavy atom. The Morgan fingerprint density at radius 1 is 1.04 bits per heavy atom. The molecule has 0 radical (unpaired) electrons. The Labute approximate surface area is 154 Å². The SMILES string of the molecule is COc1ccc(C/C(C)=N\NC(=S)Nc2ccc(C)cc2)cc1OC. The van der Waals surface area contributed by atoms with Gasteiger partial charge in [-0.05, 0) is 55.9 Å². The molecule has 0 heterocycles. The minimum atomic E-state index is 0.454. The molecule has 0 saturated carbocycles. The monoisotopic (exact) mass is 357 g/mol. The van der Waals surface area contributed by atoms with Crippen molar-refractivity contribution in [1.29, 1.82) is 0 Å². The second-order valence-corrected chi connectivity index (χ2v) is 6.05. The van der Waals surface area contributed by atoms with Gasteiger partial charge in [-0.1, -0.05) is 23.8 Å². The van der Waals surface area contributed by atoms with Crippen LogP contribution < -0.4 is 20.2 Å². The number of anilines is 1. The van der Waals surface area contributed by atoms with Gasteiger partial charge in [0.2, 0.25) is 0 Å². The van der Waals surface area contributed by atoms with Crippen LogP contribution in [0.3, 0.4) is 0 Å². The number of hydrogen-bond acceptors (Lipinski definition) is 4. The fraction of sp³-hybridized carbons (Fsp3) is 0.263. The molecule has 5 nitrogen and oxygen atoms in total. The number of benzene rings is 2. The van der Waals surface area contributed by atoms with E-state index >= 15 is 0 Å². The number of rotatable bonds is 6. The third-order valence-electron chi connectivity index (χ3n) is 3.57. The molecular weight excluding hydrogens is 334 g/mol. The molecule has 0 spiro atoms. The molecule has 0 atom stereocenters. The van der Waals surface area contributed by atoms with Gasteiger partial charge >= 0.3 is 0 Å². The van der Waals surface area contributed by atoms with Gasteiger partial charge in [-0.25, -0.2) is 0 Å². The highest BCUT2D eigenvalue weighted by molar-refractivity contribution is 7.80. The number of hydrogen-bond donors (Lipinski definition) is 2. The number of aryl methyl sites for hydroxylation is 1. The predicted molar refractivity (Wildman–Crippen MR) is 107 cm³/mol. The summed E-state index contributed by atoms with van der Waals surface area (Å²) in [4.78, 5) is 0. The largest absolute Gasteiger partial charge is 0.493 e. The third-order valence-corrected chi connectivity index (χ3v) is 3.76. The van der Waals surface area contributed by atoms with Crippen molar-refractivity contribution in [2.45, 2.75) is 20.3 Å². The van der Waals surface area contributed by atoms with Gasteiger partial charge in [-0.15, -0.1) is 0 Å². The second kappa shape index (κ2) is 9.03. The zero-order chi connectivity index (χ0) is 18.2. The number of hydrazone groups is 1.